The number of benzene rings is 2. The molecular weight excluding hydrogens is 442 g/mol. The average Bonchev–Trinajstić information content (AvgIpc) is 2.78. The minimum atomic E-state index is -1.46. The maximum absolute atomic E-state index is 15.0. The van der Waals surface area contributed by atoms with Gasteiger partial charge in [0.1, 0.15) is 23.7 Å². The summed E-state index contributed by atoms with van der Waals surface area (Å²) in [5, 5.41) is 2.50. The molecule has 2 aliphatic rings. The summed E-state index contributed by atoms with van der Waals surface area (Å²) in [7, 11) is 0. The maximum Gasteiger partial charge on any atom is 0.408 e. The molecule has 1 saturated heterocycles. The van der Waals surface area contributed by atoms with Crippen LogP contribution in [0.15, 0.2) is 48.5 Å². The van der Waals surface area contributed by atoms with Gasteiger partial charge >= 0.3 is 6.09 Å². The van der Waals surface area contributed by atoms with Gasteiger partial charge in [0, 0.05) is 13.0 Å². The first kappa shape index (κ1) is 24.1. The van der Waals surface area contributed by atoms with Crippen molar-refractivity contribution < 1.29 is 27.8 Å². The number of amides is 2. The third-order valence-electron chi connectivity index (χ3n) is 6.08. The van der Waals surface area contributed by atoms with Crippen LogP contribution in [0.5, 0.6) is 0 Å². The normalized spacial score (nSPS) is 24.8. The molecular formula is C26H30F2N2O4. The Hall–Kier alpha value is -3.00. The van der Waals surface area contributed by atoms with Gasteiger partial charge in [-0.25, -0.2) is 13.6 Å². The van der Waals surface area contributed by atoms with Gasteiger partial charge in [0.15, 0.2) is 0 Å². The average molecular weight is 473 g/mol. The molecule has 6 nitrogen and oxygen atoms in total. The molecule has 34 heavy (non-hydrogen) atoms. The fraction of sp³-hybridized carbons (Fsp3) is 0.462. The van der Waals surface area contributed by atoms with Crippen molar-refractivity contribution >= 4 is 12.0 Å². The molecule has 1 fully saturated rings. The molecule has 2 heterocycles. The van der Waals surface area contributed by atoms with E-state index in [0.717, 1.165) is 16.7 Å². The van der Waals surface area contributed by atoms with Crippen LogP contribution in [0.4, 0.5) is 13.6 Å². The fourth-order valence-electron chi connectivity index (χ4n) is 4.52. The molecule has 0 saturated carbocycles. The van der Waals surface area contributed by atoms with Crippen molar-refractivity contribution in [1.29, 1.82) is 0 Å². The highest BCUT2D eigenvalue weighted by Gasteiger charge is 2.41. The second-order valence-corrected chi connectivity index (χ2v) is 9.76. The molecule has 0 bridgehead atoms. The molecule has 0 unspecified atom stereocenters. The SMILES string of the molecule is CC(C)(C)OC(=O)N[C@H]1CO[C@@H](C(=O)N2CCc3ccccc3[C@@H]2c2ccc(F)cc2)C[C@@H]1F. The summed E-state index contributed by atoms with van der Waals surface area (Å²) in [5.74, 6) is -0.674. The molecule has 8 heteroatoms. The quantitative estimate of drug-likeness (QED) is 0.723. The molecule has 182 valence electrons. The molecule has 0 spiro atoms. The van der Waals surface area contributed by atoms with Gasteiger partial charge < -0.3 is 19.7 Å². The number of nitrogens with one attached hydrogen (secondary N) is 1. The summed E-state index contributed by atoms with van der Waals surface area (Å²) in [5.41, 5.74) is 2.16. The van der Waals surface area contributed by atoms with E-state index < -0.39 is 36.1 Å². The summed E-state index contributed by atoms with van der Waals surface area (Å²) in [6.07, 6.45) is -2.67. The van der Waals surface area contributed by atoms with Crippen LogP contribution in [0.1, 0.15) is 49.9 Å². The predicted molar refractivity (Wildman–Crippen MR) is 123 cm³/mol. The molecule has 0 radical (unpaired) electrons. The Morgan fingerprint density at radius 2 is 1.82 bits per heavy atom. The Morgan fingerprint density at radius 1 is 1.12 bits per heavy atom. The van der Waals surface area contributed by atoms with Gasteiger partial charge in [0.25, 0.3) is 5.91 Å². The predicted octanol–water partition coefficient (Wildman–Crippen LogP) is 4.32. The van der Waals surface area contributed by atoms with E-state index in [4.69, 9.17) is 9.47 Å². The van der Waals surface area contributed by atoms with Gasteiger partial charge in [-0.05, 0) is 56.0 Å². The lowest BCUT2D eigenvalue weighted by atomic mass is 9.87. The zero-order valence-corrected chi connectivity index (χ0v) is 19.6. The number of rotatable bonds is 3. The van der Waals surface area contributed by atoms with Crippen molar-refractivity contribution in [1.82, 2.24) is 10.2 Å². The number of hydrogen-bond donors (Lipinski definition) is 1. The second kappa shape index (κ2) is 9.70. The van der Waals surface area contributed by atoms with E-state index in [1.165, 1.54) is 12.1 Å². The van der Waals surface area contributed by atoms with Crippen molar-refractivity contribution in [3.05, 3.63) is 71.0 Å². The van der Waals surface area contributed by atoms with E-state index >= 15 is 0 Å². The van der Waals surface area contributed by atoms with E-state index in [0.29, 0.717) is 13.0 Å². The number of carbonyl (C=O) groups is 2. The summed E-state index contributed by atoms with van der Waals surface area (Å²) < 4.78 is 39.5. The standard InChI is InChI=1S/C26H30F2N2O4/c1-26(2,3)34-25(32)29-21-15-33-22(14-20(21)28)24(31)30-13-12-16-6-4-5-7-19(16)23(30)17-8-10-18(27)11-9-17/h4-11,20-23H,12-15H2,1-3H3,(H,29,32)/t20-,21-,22+,23-/m0/s1. The number of alkyl carbamates (subject to hydrolysis) is 1. The van der Waals surface area contributed by atoms with Crippen molar-refractivity contribution in [2.45, 2.75) is 63.6 Å². The van der Waals surface area contributed by atoms with Gasteiger partial charge in [-0.1, -0.05) is 36.4 Å². The number of carbonyl (C=O) groups excluding carboxylic acids is 2. The van der Waals surface area contributed by atoms with Crippen LogP contribution in [-0.2, 0) is 20.7 Å². The van der Waals surface area contributed by atoms with Crippen LogP contribution in [0.3, 0.4) is 0 Å². The Balaban J connectivity index is 1.50. The van der Waals surface area contributed by atoms with Gasteiger partial charge in [-0.15, -0.1) is 0 Å². The first-order valence-corrected chi connectivity index (χ1v) is 11.5. The zero-order valence-electron chi connectivity index (χ0n) is 19.6. The summed E-state index contributed by atoms with van der Waals surface area (Å²) in [6, 6.07) is 12.6. The molecule has 2 aromatic carbocycles. The highest BCUT2D eigenvalue weighted by atomic mass is 19.1. The number of fused-ring (bicyclic) bond motifs is 1. The third kappa shape index (κ3) is 5.38. The molecule has 4 rings (SSSR count). The minimum Gasteiger partial charge on any atom is -0.444 e. The van der Waals surface area contributed by atoms with Crippen molar-refractivity contribution in [2.24, 2.45) is 0 Å². The van der Waals surface area contributed by atoms with E-state index in [2.05, 4.69) is 5.32 Å². The highest BCUT2D eigenvalue weighted by Crippen LogP contribution is 2.36. The lowest BCUT2D eigenvalue weighted by Gasteiger charge is -2.41. The Bertz CT molecular complexity index is 1040. The first-order valence-electron chi connectivity index (χ1n) is 11.5. The molecule has 2 aliphatic heterocycles. The number of ether oxygens (including phenoxy) is 2. The monoisotopic (exact) mass is 472 g/mol. The van der Waals surface area contributed by atoms with Crippen molar-refractivity contribution in [3.8, 4) is 0 Å². The van der Waals surface area contributed by atoms with Gasteiger partial charge in [-0.3, -0.25) is 4.79 Å². The summed E-state index contributed by atoms with van der Waals surface area (Å²) >= 11 is 0. The van der Waals surface area contributed by atoms with Crippen LogP contribution < -0.4 is 5.32 Å². The molecule has 1 N–H and O–H groups in total. The molecule has 2 aromatic rings. The van der Waals surface area contributed by atoms with Crippen LogP contribution in [0, 0.1) is 5.82 Å². The van der Waals surface area contributed by atoms with Crippen LogP contribution in [0.2, 0.25) is 0 Å². The molecule has 0 aliphatic carbocycles. The van der Waals surface area contributed by atoms with E-state index in [9.17, 15) is 18.4 Å². The number of alkyl halides is 1. The van der Waals surface area contributed by atoms with E-state index in [-0.39, 0.29) is 24.8 Å². The largest absolute Gasteiger partial charge is 0.444 e. The number of nitrogens with zero attached hydrogens (tertiary/aromatic N) is 1. The van der Waals surface area contributed by atoms with Crippen LogP contribution in [-0.4, -0.2) is 54.0 Å². The van der Waals surface area contributed by atoms with Crippen LogP contribution >= 0.6 is 0 Å². The third-order valence-corrected chi connectivity index (χ3v) is 6.08. The Morgan fingerprint density at radius 3 is 2.50 bits per heavy atom. The van der Waals surface area contributed by atoms with Gasteiger partial charge in [0.2, 0.25) is 0 Å². The van der Waals surface area contributed by atoms with E-state index in [1.807, 2.05) is 24.3 Å². The second-order valence-electron chi connectivity index (χ2n) is 9.76. The maximum atomic E-state index is 15.0. The zero-order chi connectivity index (χ0) is 24.5. The lowest BCUT2D eigenvalue weighted by molar-refractivity contribution is -0.152. The smallest absolute Gasteiger partial charge is 0.408 e. The topological polar surface area (TPSA) is 67.9 Å². The highest BCUT2D eigenvalue weighted by molar-refractivity contribution is 5.82. The van der Waals surface area contributed by atoms with Crippen LogP contribution in [0.25, 0.3) is 0 Å². The summed E-state index contributed by atoms with van der Waals surface area (Å²) in [4.78, 5) is 27.2. The molecule has 4 atom stereocenters. The minimum absolute atomic E-state index is 0.136. The Labute approximate surface area is 198 Å². The van der Waals surface area contributed by atoms with Gasteiger partial charge in [-0.2, -0.15) is 0 Å². The lowest BCUT2D eigenvalue weighted by Crippen LogP contribution is -2.55. The van der Waals surface area contributed by atoms with E-state index in [1.54, 1.807) is 37.8 Å². The first-order chi connectivity index (χ1) is 16.1. The number of hydrogen-bond acceptors (Lipinski definition) is 4. The van der Waals surface area contributed by atoms with Crippen molar-refractivity contribution in [2.75, 3.05) is 13.2 Å². The Kier molecular flexibility index (Phi) is 6.89. The molecule has 0 aromatic heterocycles. The molecule has 2 amide bonds. The van der Waals surface area contributed by atoms with Gasteiger partial charge in [0.05, 0.1) is 18.7 Å². The van der Waals surface area contributed by atoms with Crippen molar-refractivity contribution in [3.63, 3.8) is 0 Å². The fourth-order valence-corrected chi connectivity index (χ4v) is 4.52. The number of halogens is 2. The summed E-state index contributed by atoms with van der Waals surface area (Å²) in [6.45, 7) is 5.47.